The number of unbranched alkanes of at least 4 members (excludes halogenated alkanes) is 3. The van der Waals surface area contributed by atoms with Gasteiger partial charge in [-0.25, -0.2) is 9.59 Å². The lowest BCUT2D eigenvalue weighted by atomic mass is 9.95. The van der Waals surface area contributed by atoms with E-state index in [9.17, 15) is 34.5 Å². The highest BCUT2D eigenvalue weighted by Crippen LogP contribution is 2.21. The van der Waals surface area contributed by atoms with Crippen LogP contribution < -0.4 is 20.9 Å². The topological polar surface area (TPSA) is 184 Å². The normalized spacial score (nSPS) is 14.0. The quantitative estimate of drug-likeness (QED) is 0.0440. The molecule has 2 aliphatic carbocycles. The largest absolute Gasteiger partial charge is 0.465 e. The zero-order valence-electron chi connectivity index (χ0n) is 42.9. The summed E-state index contributed by atoms with van der Waals surface area (Å²) in [6.07, 6.45) is 22.6. The zero-order chi connectivity index (χ0) is 52.4. The van der Waals surface area contributed by atoms with E-state index in [4.69, 9.17) is 19.5 Å². The van der Waals surface area contributed by atoms with Crippen LogP contribution in [0.15, 0.2) is 85.0 Å². The molecule has 4 aromatic carbocycles. The number of hydrogen-bond donors (Lipinski definition) is 0. The van der Waals surface area contributed by atoms with E-state index in [1.165, 1.54) is 25.0 Å². The molecule has 4 aromatic rings. The van der Waals surface area contributed by atoms with E-state index in [-0.39, 0.29) is 54.2 Å². The van der Waals surface area contributed by atoms with Gasteiger partial charge in [-0.2, -0.15) is 15.8 Å². The van der Waals surface area contributed by atoms with Gasteiger partial charge in [0, 0.05) is 21.6 Å². The van der Waals surface area contributed by atoms with Gasteiger partial charge in [0.05, 0.1) is 25.9 Å². The summed E-state index contributed by atoms with van der Waals surface area (Å²) in [5, 5.41) is 33.8. The maximum absolute atomic E-state index is 13.1. The number of esters is 3. The number of carbonyl (C=O) groups excluding carboxylic acids is 5. The van der Waals surface area contributed by atoms with Crippen LogP contribution in [-0.4, -0.2) is 49.3 Å². The lowest BCUT2D eigenvalue weighted by Gasteiger charge is -2.14. The van der Waals surface area contributed by atoms with E-state index < -0.39 is 17.9 Å². The number of rotatable bonds is 21. The van der Waals surface area contributed by atoms with Gasteiger partial charge in [0.15, 0.2) is 11.6 Å². The molecule has 0 radical (unpaired) electrons. The van der Waals surface area contributed by atoms with Crippen LogP contribution in [0.4, 0.5) is 0 Å². The minimum atomic E-state index is -0.624. The van der Waals surface area contributed by atoms with Crippen molar-refractivity contribution < 1.29 is 38.2 Å². The van der Waals surface area contributed by atoms with Crippen molar-refractivity contribution in [3.8, 4) is 18.2 Å². The summed E-state index contributed by atoms with van der Waals surface area (Å²) in [6.45, 7) is 13.7. The molecule has 0 heterocycles. The van der Waals surface area contributed by atoms with Crippen LogP contribution in [0.2, 0.25) is 0 Å². The molecular weight excluding hydrogens is 903 g/mol. The third kappa shape index (κ3) is 16.3. The first-order valence-electron chi connectivity index (χ1n) is 25.6. The highest BCUT2D eigenvalue weighted by Gasteiger charge is 2.19. The molecule has 72 heavy (non-hydrogen) atoms. The van der Waals surface area contributed by atoms with Crippen molar-refractivity contribution in [3.05, 3.63) is 117 Å². The highest BCUT2D eigenvalue weighted by atomic mass is 16.5. The van der Waals surface area contributed by atoms with E-state index in [1.807, 2.05) is 36.4 Å². The summed E-state index contributed by atoms with van der Waals surface area (Å²) in [5.41, 5.74) is 1.26. The molecule has 0 saturated heterocycles. The summed E-state index contributed by atoms with van der Waals surface area (Å²) in [4.78, 5) is 60.3. The van der Waals surface area contributed by atoms with E-state index in [0.29, 0.717) is 34.1 Å². The second kappa shape index (κ2) is 30.3. The van der Waals surface area contributed by atoms with Crippen molar-refractivity contribution in [1.82, 2.24) is 0 Å². The first kappa shape index (κ1) is 57.2. The second-order valence-electron chi connectivity index (χ2n) is 18.2. The third-order valence-corrected chi connectivity index (χ3v) is 13.1. The third-order valence-electron chi connectivity index (χ3n) is 13.1. The van der Waals surface area contributed by atoms with Gasteiger partial charge in [-0.3, -0.25) is 14.4 Å². The second-order valence-corrected chi connectivity index (χ2v) is 18.2. The minimum Gasteiger partial charge on any atom is -0.465 e. The molecule has 376 valence electrons. The summed E-state index contributed by atoms with van der Waals surface area (Å²) < 4.78 is 16.2. The monoisotopic (exact) mass is 972 g/mol. The fraction of sp³-hybridized carbons (Fsp3) is 0.410. The highest BCUT2D eigenvalue weighted by molar-refractivity contribution is 6.19. The smallest absolute Gasteiger partial charge is 0.349 e. The van der Waals surface area contributed by atoms with Crippen molar-refractivity contribution in [1.29, 1.82) is 15.8 Å². The predicted octanol–water partition coefficient (Wildman–Crippen LogP) is 10.3. The Kier molecular flexibility index (Phi) is 24.1. The summed E-state index contributed by atoms with van der Waals surface area (Å²) in [7, 11) is 0. The molecule has 0 aliphatic heterocycles. The number of hydrogen-bond acceptors (Lipinski definition) is 11. The Morgan fingerprint density at radius 2 is 0.931 bits per heavy atom. The van der Waals surface area contributed by atoms with Gasteiger partial charge in [0.25, 0.3) is 0 Å². The van der Waals surface area contributed by atoms with Crippen molar-refractivity contribution >= 4 is 74.3 Å². The molecule has 3 unspecified atom stereocenters. The van der Waals surface area contributed by atoms with Gasteiger partial charge in [-0.05, 0) is 105 Å². The minimum absolute atomic E-state index is 0.00398. The van der Waals surface area contributed by atoms with E-state index in [1.54, 1.807) is 54.6 Å². The van der Waals surface area contributed by atoms with Gasteiger partial charge in [-0.15, -0.1) is 0 Å². The number of ketones is 2. The number of carbonyl (C=O) groups is 5. The molecule has 0 spiro atoms. The van der Waals surface area contributed by atoms with Crippen LogP contribution in [0.3, 0.4) is 0 Å². The van der Waals surface area contributed by atoms with Crippen molar-refractivity contribution in [2.45, 2.75) is 125 Å². The van der Waals surface area contributed by atoms with Crippen LogP contribution in [0.5, 0.6) is 0 Å². The van der Waals surface area contributed by atoms with E-state index in [0.717, 1.165) is 96.2 Å². The molecular formula is C61H69N3O8. The molecule has 0 fully saturated rings. The Balaban J connectivity index is 0.000000302. The number of benzene rings is 4. The molecule has 0 aromatic heterocycles. The number of nitriles is 3. The maximum Gasteiger partial charge on any atom is 0.349 e. The predicted molar refractivity (Wildman–Crippen MR) is 283 cm³/mol. The molecule has 6 rings (SSSR count). The average Bonchev–Trinajstić information content (AvgIpc) is 3.39. The Morgan fingerprint density at radius 1 is 0.542 bits per heavy atom. The van der Waals surface area contributed by atoms with Crippen LogP contribution in [0.25, 0.3) is 44.8 Å². The first-order chi connectivity index (χ1) is 34.9. The summed E-state index contributed by atoms with van der Waals surface area (Å²) in [6, 6.07) is 24.1. The average molecular weight is 972 g/mol. The zero-order valence-corrected chi connectivity index (χ0v) is 42.9. The lowest BCUT2D eigenvalue weighted by molar-refractivity contribution is -0.144. The molecule has 0 amide bonds. The van der Waals surface area contributed by atoms with Gasteiger partial charge < -0.3 is 14.2 Å². The van der Waals surface area contributed by atoms with Crippen molar-refractivity contribution in [3.63, 3.8) is 0 Å². The van der Waals surface area contributed by atoms with E-state index in [2.05, 4.69) is 53.7 Å². The van der Waals surface area contributed by atoms with E-state index >= 15 is 0 Å². The SMILES string of the molecule is CCCCC(CC)COC(=O)/C(C#N)=c1\cccc2cc3/c(=C(\C#N)C(=O)OCC(CC)CCCC)cccc3cc12.CCCCC(CC)COC(=O)CC#N.O=C1C=CC=c2cc3c(cc21)=CC=CC3=O. The fourth-order valence-electron chi connectivity index (χ4n) is 8.46. The molecule has 0 bridgehead atoms. The number of allylic oxidation sites excluding steroid dienone is 4. The van der Waals surface area contributed by atoms with Gasteiger partial charge in [0.1, 0.15) is 29.7 Å². The summed E-state index contributed by atoms with van der Waals surface area (Å²) >= 11 is 0. The van der Waals surface area contributed by atoms with Gasteiger partial charge in [-0.1, -0.05) is 160 Å². The van der Waals surface area contributed by atoms with Gasteiger partial charge in [0.2, 0.25) is 0 Å². The molecule has 0 N–H and O–H groups in total. The van der Waals surface area contributed by atoms with Crippen LogP contribution >= 0.6 is 0 Å². The number of nitrogens with zero attached hydrogens (tertiary/aromatic N) is 3. The number of ether oxygens (including phenoxy) is 3. The summed E-state index contributed by atoms with van der Waals surface area (Å²) in [5.74, 6) is -0.663. The molecule has 0 saturated carbocycles. The molecule has 11 heteroatoms. The van der Waals surface area contributed by atoms with Crippen LogP contribution in [0, 0.1) is 51.7 Å². The van der Waals surface area contributed by atoms with Crippen molar-refractivity contribution in [2.75, 3.05) is 19.8 Å². The Morgan fingerprint density at radius 3 is 1.28 bits per heavy atom. The fourth-order valence-corrected chi connectivity index (χ4v) is 8.46. The lowest BCUT2D eigenvalue weighted by Crippen LogP contribution is -2.26. The van der Waals surface area contributed by atoms with Crippen LogP contribution in [-0.2, 0) is 28.6 Å². The standard InChI is InChI=1S/C36H42N2O4.C14H8O2.C11H19NO2/c1-5-9-13-25(7-3)23-41-35(39)33(21-37)29-17-11-15-27-20-32-28(19-31(27)29)16-12-18-30(32)34(22-38)36(40)42-24-26(8-4)14-10-6-2;15-13-5-1-3-9-7-12-10(8-11(9)13)4-2-6-14(12)16;1-3-5-6-10(4-2)9-14-11(13)7-8-12/h11-12,15-20,25-26H,5-10,13-14,23-24H2,1-4H3;1-8H;10H,3-7,9H2,1-2H3/b33-29+,34-30+;;. The molecule has 2 aliphatic rings. The Bertz CT molecular complexity index is 2850. The van der Waals surface area contributed by atoms with Crippen LogP contribution in [0.1, 0.15) is 146 Å². The Hall–Kier alpha value is -7.42. The first-order valence-corrected chi connectivity index (χ1v) is 25.6. The Labute approximate surface area is 424 Å². The molecule has 3 atom stereocenters. The number of fused-ring (bicyclic) bond motifs is 4. The van der Waals surface area contributed by atoms with Crippen molar-refractivity contribution in [2.24, 2.45) is 17.8 Å². The maximum atomic E-state index is 13.1. The van der Waals surface area contributed by atoms with Gasteiger partial charge >= 0.3 is 17.9 Å². The molecule has 11 nitrogen and oxygen atoms in total.